The average molecular weight is 367 g/mol. The van der Waals surface area contributed by atoms with Gasteiger partial charge < -0.3 is 10.5 Å². The van der Waals surface area contributed by atoms with E-state index in [-0.39, 0.29) is 11.1 Å². The van der Waals surface area contributed by atoms with Crippen LogP contribution in [0.1, 0.15) is 44.1 Å². The van der Waals surface area contributed by atoms with Gasteiger partial charge in [-0.2, -0.15) is 13.2 Å². The van der Waals surface area contributed by atoms with Crippen LogP contribution in [0.25, 0.3) is 0 Å². The van der Waals surface area contributed by atoms with Gasteiger partial charge in [0.15, 0.2) is 0 Å². The fraction of sp³-hybridized carbons (Fsp3) is 0.643. The van der Waals surface area contributed by atoms with Crippen LogP contribution in [-0.2, 0) is 6.18 Å². The summed E-state index contributed by atoms with van der Waals surface area (Å²) in [6.45, 7) is 0.0602. The summed E-state index contributed by atoms with van der Waals surface area (Å²) in [5.74, 6) is -0.403. The minimum absolute atomic E-state index is 0.0602. The smallest absolute Gasteiger partial charge is 0.421 e. The van der Waals surface area contributed by atoms with Crippen molar-refractivity contribution in [1.82, 2.24) is 4.98 Å². The molecule has 0 spiro atoms. The minimum Gasteiger partial charge on any atom is -0.475 e. The summed E-state index contributed by atoms with van der Waals surface area (Å²) in [5, 5.41) is 0. The van der Waals surface area contributed by atoms with Gasteiger partial charge in [0.25, 0.3) is 0 Å². The maximum atomic E-state index is 13.0. The lowest BCUT2D eigenvalue weighted by Crippen LogP contribution is -2.45. The number of nitrogens with two attached hydrogens (primary N) is 1. The molecular weight excluding hydrogens is 349 g/mol. The van der Waals surface area contributed by atoms with E-state index in [1.54, 1.807) is 0 Å². The summed E-state index contributed by atoms with van der Waals surface area (Å²) in [7, 11) is 0. The second-order valence-corrected chi connectivity index (χ2v) is 6.48. The topological polar surface area (TPSA) is 48.1 Å². The van der Waals surface area contributed by atoms with E-state index < -0.39 is 23.2 Å². The minimum atomic E-state index is -4.50. The number of rotatable bonds is 3. The first kappa shape index (κ1) is 16.5. The highest BCUT2D eigenvalue weighted by atomic mass is 79.9. The van der Waals surface area contributed by atoms with Crippen molar-refractivity contribution in [2.45, 2.75) is 50.2 Å². The van der Waals surface area contributed by atoms with Crippen molar-refractivity contribution in [3.8, 4) is 5.88 Å². The summed E-state index contributed by atoms with van der Waals surface area (Å²) < 4.78 is 44.5. The molecule has 1 fully saturated rings. The van der Waals surface area contributed by atoms with Crippen LogP contribution in [0.4, 0.5) is 13.2 Å². The molecule has 1 aromatic rings. The molecule has 0 radical (unpaired) electrons. The molecule has 1 aliphatic rings. The van der Waals surface area contributed by atoms with E-state index in [1.807, 2.05) is 0 Å². The molecule has 0 aromatic carbocycles. The molecule has 1 aliphatic carbocycles. The Bertz CT molecular complexity index is 486. The summed E-state index contributed by atoms with van der Waals surface area (Å²) in [6, 6.07) is 0.971. The Labute approximate surface area is 130 Å². The third-order valence-corrected chi connectivity index (χ3v) is 4.15. The van der Waals surface area contributed by atoms with E-state index >= 15 is 0 Å². The Hall–Kier alpha value is -0.820. The largest absolute Gasteiger partial charge is 0.475 e. The molecule has 2 rings (SSSR count). The van der Waals surface area contributed by atoms with Gasteiger partial charge in [-0.15, -0.1) is 0 Å². The Morgan fingerprint density at radius 1 is 1.24 bits per heavy atom. The molecule has 0 unspecified atom stereocenters. The zero-order chi connectivity index (χ0) is 15.5. The van der Waals surface area contributed by atoms with Gasteiger partial charge >= 0.3 is 6.18 Å². The lowest BCUT2D eigenvalue weighted by atomic mass is 9.93. The second-order valence-electron chi connectivity index (χ2n) is 5.57. The first-order valence-electron chi connectivity index (χ1n) is 6.95. The van der Waals surface area contributed by atoms with Crippen LogP contribution < -0.4 is 10.5 Å². The molecule has 1 heterocycles. The molecule has 0 atom stereocenters. The molecule has 7 heteroatoms. The maximum absolute atomic E-state index is 13.0. The van der Waals surface area contributed by atoms with Crippen LogP contribution in [0.3, 0.4) is 0 Å². The molecule has 2 N–H and O–H groups in total. The number of ether oxygens (including phenoxy) is 1. The average Bonchev–Trinajstić information content (AvgIpc) is 2.62. The predicted molar refractivity (Wildman–Crippen MR) is 77.1 cm³/mol. The van der Waals surface area contributed by atoms with E-state index in [1.165, 1.54) is 6.20 Å². The van der Waals surface area contributed by atoms with Gasteiger partial charge in [0, 0.05) is 10.7 Å². The summed E-state index contributed by atoms with van der Waals surface area (Å²) in [4.78, 5) is 3.74. The van der Waals surface area contributed by atoms with Crippen molar-refractivity contribution in [3.63, 3.8) is 0 Å². The molecule has 0 bridgehead atoms. The predicted octanol–water partition coefficient (Wildman–Crippen LogP) is 4.29. The Morgan fingerprint density at radius 3 is 2.43 bits per heavy atom. The van der Waals surface area contributed by atoms with E-state index in [0.29, 0.717) is 0 Å². The molecule has 1 saturated carbocycles. The quantitative estimate of drug-likeness (QED) is 0.811. The fourth-order valence-corrected chi connectivity index (χ4v) is 2.87. The molecule has 1 aromatic heterocycles. The van der Waals surface area contributed by atoms with E-state index in [4.69, 9.17) is 10.5 Å². The van der Waals surface area contributed by atoms with Crippen LogP contribution >= 0.6 is 15.9 Å². The molecular formula is C14H18BrF3N2O. The van der Waals surface area contributed by atoms with Crippen LogP contribution in [0.5, 0.6) is 5.88 Å². The second kappa shape index (κ2) is 6.52. The maximum Gasteiger partial charge on any atom is 0.421 e. The third kappa shape index (κ3) is 4.57. The van der Waals surface area contributed by atoms with Gasteiger partial charge in [-0.3, -0.25) is 0 Å². The monoisotopic (exact) mass is 366 g/mol. The lowest BCUT2D eigenvalue weighted by Gasteiger charge is -2.28. The van der Waals surface area contributed by atoms with Crippen LogP contribution in [0.2, 0.25) is 0 Å². The van der Waals surface area contributed by atoms with Gasteiger partial charge in [-0.25, -0.2) is 4.98 Å². The zero-order valence-electron chi connectivity index (χ0n) is 11.5. The van der Waals surface area contributed by atoms with Gasteiger partial charge in [-0.1, -0.05) is 25.7 Å². The highest BCUT2D eigenvalue weighted by Gasteiger charge is 2.36. The Balaban J connectivity index is 2.12. The summed E-state index contributed by atoms with van der Waals surface area (Å²) in [6.07, 6.45) is 2.53. The lowest BCUT2D eigenvalue weighted by molar-refractivity contribution is -0.139. The van der Waals surface area contributed by atoms with Crippen molar-refractivity contribution in [2.24, 2.45) is 5.73 Å². The van der Waals surface area contributed by atoms with Crippen molar-refractivity contribution in [1.29, 1.82) is 0 Å². The van der Waals surface area contributed by atoms with Crippen molar-refractivity contribution >= 4 is 15.9 Å². The number of pyridine rings is 1. The van der Waals surface area contributed by atoms with Gasteiger partial charge in [0.05, 0.1) is 5.54 Å². The first-order chi connectivity index (χ1) is 9.80. The van der Waals surface area contributed by atoms with Crippen molar-refractivity contribution in [3.05, 3.63) is 22.3 Å². The summed E-state index contributed by atoms with van der Waals surface area (Å²) >= 11 is 2.99. The molecule has 21 heavy (non-hydrogen) atoms. The number of hydrogen-bond acceptors (Lipinski definition) is 3. The van der Waals surface area contributed by atoms with E-state index in [2.05, 4.69) is 20.9 Å². The highest BCUT2D eigenvalue weighted by molar-refractivity contribution is 9.10. The van der Waals surface area contributed by atoms with Crippen LogP contribution in [-0.4, -0.2) is 17.1 Å². The van der Waals surface area contributed by atoms with Gasteiger partial charge in [-0.05, 0) is 34.8 Å². The van der Waals surface area contributed by atoms with E-state index in [0.717, 1.165) is 44.6 Å². The third-order valence-electron chi connectivity index (χ3n) is 3.72. The van der Waals surface area contributed by atoms with Crippen molar-refractivity contribution in [2.75, 3.05) is 6.61 Å². The fourth-order valence-electron chi connectivity index (χ4n) is 2.53. The van der Waals surface area contributed by atoms with Gasteiger partial charge in [0.1, 0.15) is 12.2 Å². The normalized spacial score (nSPS) is 19.1. The van der Waals surface area contributed by atoms with E-state index in [9.17, 15) is 13.2 Å². The summed E-state index contributed by atoms with van der Waals surface area (Å²) in [5.41, 5.74) is 4.81. The van der Waals surface area contributed by atoms with Crippen molar-refractivity contribution < 1.29 is 17.9 Å². The molecule has 118 valence electrons. The Morgan fingerprint density at radius 2 is 1.86 bits per heavy atom. The zero-order valence-corrected chi connectivity index (χ0v) is 13.1. The molecule has 0 amide bonds. The highest BCUT2D eigenvalue weighted by Crippen LogP contribution is 2.37. The number of alkyl halides is 3. The SMILES string of the molecule is NC1(COc2ncc(Br)cc2C(F)(F)F)CCCCCC1. The Kier molecular flexibility index (Phi) is 5.14. The van der Waals surface area contributed by atoms with Gasteiger partial charge in [0.2, 0.25) is 5.88 Å². The standard InChI is InChI=1S/C14H18BrF3N2O/c15-10-7-11(14(16,17)18)12(20-8-10)21-9-13(19)5-3-1-2-4-6-13/h7-8H,1-6,9,19H2. The first-order valence-corrected chi connectivity index (χ1v) is 7.74. The molecule has 3 nitrogen and oxygen atoms in total. The molecule has 0 saturated heterocycles. The van der Waals surface area contributed by atoms with Crippen LogP contribution in [0.15, 0.2) is 16.7 Å². The van der Waals surface area contributed by atoms with Crippen LogP contribution in [0, 0.1) is 0 Å². The number of hydrogen-bond donors (Lipinski definition) is 1. The number of aromatic nitrogens is 1. The molecule has 0 aliphatic heterocycles. The number of halogens is 4. The number of nitrogens with zero attached hydrogens (tertiary/aromatic N) is 1.